The predicted octanol–water partition coefficient (Wildman–Crippen LogP) is 3.81. The van der Waals surface area contributed by atoms with Gasteiger partial charge >= 0.3 is 0 Å². The fraction of sp³-hybridized carbons (Fsp3) is 0.357. The molecule has 3 aliphatic rings. The molecule has 1 unspecified atom stereocenters. The summed E-state index contributed by atoms with van der Waals surface area (Å²) in [4.78, 5) is 9.49. The minimum atomic E-state index is -1.11. The van der Waals surface area contributed by atoms with Crippen LogP contribution in [0.25, 0.3) is 16.8 Å². The lowest BCUT2D eigenvalue weighted by molar-refractivity contribution is -0.177. The third-order valence-corrected chi connectivity index (χ3v) is 8.17. The molecule has 2 aliphatic heterocycles. The molecular weight excluding hydrogens is 440 g/mol. The fourth-order valence-corrected chi connectivity index (χ4v) is 5.78. The highest BCUT2D eigenvalue weighted by atomic mass is 16.5. The number of hydrogen-bond acceptors (Lipinski definition) is 6. The van der Waals surface area contributed by atoms with E-state index in [0.29, 0.717) is 12.4 Å². The van der Waals surface area contributed by atoms with E-state index in [9.17, 15) is 10.2 Å². The molecule has 0 spiro atoms. The number of nitrogens with two attached hydrogens (primary N) is 1. The molecule has 7 nitrogen and oxygen atoms in total. The second kappa shape index (κ2) is 7.88. The standard InChI is InChI=1S/C28H30N4O3/c1-26(34,20-5-3-2-4-6-20)21-9-7-19(8-10-21)22-23-24(29)30-15-16-32(23)25(31-22)27-11-13-28(17-33,14-12-27)35-18-27/h2-10,15-16,33-34H,11-14,17-18H2,1H3,(H2,29,30). The average Bonchev–Trinajstić information content (AvgIpc) is 3.32. The number of aliphatic hydroxyl groups is 2. The van der Waals surface area contributed by atoms with Gasteiger partial charge in [-0.2, -0.15) is 0 Å². The maximum atomic E-state index is 11.2. The van der Waals surface area contributed by atoms with Gasteiger partial charge in [0.1, 0.15) is 28.5 Å². The SMILES string of the molecule is CC(O)(c1ccccc1)c1ccc(-c2nc(C34CCC(CO)(CC3)OC4)n3ccnc(N)c23)cc1. The van der Waals surface area contributed by atoms with E-state index >= 15 is 0 Å². The van der Waals surface area contributed by atoms with Gasteiger partial charge in [0.25, 0.3) is 0 Å². The summed E-state index contributed by atoms with van der Waals surface area (Å²) in [5.74, 6) is 1.36. The Labute approximate surface area is 204 Å². The summed E-state index contributed by atoms with van der Waals surface area (Å²) >= 11 is 0. The Hall–Kier alpha value is -3.26. The van der Waals surface area contributed by atoms with Crippen molar-refractivity contribution in [1.29, 1.82) is 0 Å². The molecule has 1 atom stereocenters. The largest absolute Gasteiger partial charge is 0.393 e. The number of hydrogen-bond donors (Lipinski definition) is 3. The van der Waals surface area contributed by atoms with Crippen LogP contribution in [0.5, 0.6) is 0 Å². The summed E-state index contributed by atoms with van der Waals surface area (Å²) in [6.45, 7) is 2.40. The number of nitrogens with zero attached hydrogens (tertiary/aromatic N) is 3. The van der Waals surface area contributed by atoms with Crippen LogP contribution >= 0.6 is 0 Å². The van der Waals surface area contributed by atoms with Crippen LogP contribution in [0.1, 0.15) is 49.6 Å². The van der Waals surface area contributed by atoms with Crippen LogP contribution in [-0.2, 0) is 15.8 Å². The Bertz CT molecular complexity index is 1350. The zero-order valence-electron chi connectivity index (χ0n) is 19.8. The summed E-state index contributed by atoms with van der Waals surface area (Å²) in [6.07, 6.45) is 7.08. The minimum Gasteiger partial charge on any atom is -0.393 e. The normalized spacial score (nSPS) is 25.6. The first-order valence-corrected chi connectivity index (χ1v) is 12.1. The van der Waals surface area contributed by atoms with Crippen LogP contribution in [-0.4, -0.2) is 43.4 Å². The van der Waals surface area contributed by atoms with E-state index in [1.54, 1.807) is 13.1 Å². The van der Waals surface area contributed by atoms with Crippen molar-refractivity contribution in [2.45, 2.75) is 49.2 Å². The molecule has 3 fully saturated rings. The topological polar surface area (TPSA) is 106 Å². The van der Waals surface area contributed by atoms with Crippen molar-refractivity contribution >= 4 is 11.3 Å². The Morgan fingerprint density at radius 2 is 1.71 bits per heavy atom. The summed E-state index contributed by atoms with van der Waals surface area (Å²) in [6, 6.07) is 17.5. The monoisotopic (exact) mass is 470 g/mol. The zero-order valence-corrected chi connectivity index (χ0v) is 19.8. The number of benzene rings is 2. The van der Waals surface area contributed by atoms with Crippen LogP contribution in [0.2, 0.25) is 0 Å². The smallest absolute Gasteiger partial charge is 0.150 e. The Balaban J connectivity index is 1.42. The number of ether oxygens (including phenoxy) is 1. The Morgan fingerprint density at radius 1 is 1.03 bits per heavy atom. The maximum Gasteiger partial charge on any atom is 0.150 e. The van der Waals surface area contributed by atoms with Crippen molar-refractivity contribution in [2.75, 3.05) is 18.9 Å². The number of nitrogen functional groups attached to an aromatic ring is 1. The van der Waals surface area contributed by atoms with E-state index in [2.05, 4.69) is 9.38 Å². The van der Waals surface area contributed by atoms with Crippen molar-refractivity contribution in [3.63, 3.8) is 0 Å². The Morgan fingerprint density at radius 3 is 2.34 bits per heavy atom. The highest BCUT2D eigenvalue weighted by Gasteiger charge is 2.52. The summed E-state index contributed by atoms with van der Waals surface area (Å²) in [5.41, 5.74) is 8.75. The van der Waals surface area contributed by atoms with E-state index < -0.39 is 11.2 Å². The van der Waals surface area contributed by atoms with E-state index in [-0.39, 0.29) is 12.0 Å². The molecular formula is C28H30N4O3. The highest BCUT2D eigenvalue weighted by Crippen LogP contribution is 2.50. The molecule has 35 heavy (non-hydrogen) atoms. The number of anilines is 1. The van der Waals surface area contributed by atoms with Crippen molar-refractivity contribution in [1.82, 2.24) is 14.4 Å². The quantitative estimate of drug-likeness (QED) is 0.410. The maximum absolute atomic E-state index is 11.2. The molecule has 4 N–H and O–H groups in total. The van der Waals surface area contributed by atoms with Crippen LogP contribution in [0, 0.1) is 0 Å². The lowest BCUT2D eigenvalue weighted by Gasteiger charge is -2.51. The molecule has 2 aromatic heterocycles. The number of aliphatic hydroxyl groups excluding tert-OH is 1. The summed E-state index contributed by atoms with van der Waals surface area (Å²) in [7, 11) is 0. The molecule has 180 valence electrons. The van der Waals surface area contributed by atoms with Gasteiger partial charge in [-0.3, -0.25) is 4.40 Å². The molecule has 1 saturated carbocycles. The number of rotatable bonds is 5. The number of imidazole rings is 1. The van der Waals surface area contributed by atoms with Gasteiger partial charge in [0.2, 0.25) is 0 Å². The minimum absolute atomic E-state index is 0.0621. The van der Waals surface area contributed by atoms with Crippen molar-refractivity contribution in [3.8, 4) is 11.3 Å². The van der Waals surface area contributed by atoms with Gasteiger partial charge < -0.3 is 20.7 Å². The van der Waals surface area contributed by atoms with Gasteiger partial charge in [-0.15, -0.1) is 0 Å². The molecule has 2 aromatic carbocycles. The molecule has 7 rings (SSSR count). The highest BCUT2D eigenvalue weighted by molar-refractivity contribution is 5.85. The summed E-state index contributed by atoms with van der Waals surface area (Å²) in [5, 5.41) is 21.1. The van der Waals surface area contributed by atoms with E-state index in [1.807, 2.05) is 60.8 Å². The number of aromatic nitrogens is 3. The molecule has 4 aromatic rings. The van der Waals surface area contributed by atoms with E-state index in [1.165, 1.54) is 0 Å². The van der Waals surface area contributed by atoms with Crippen LogP contribution < -0.4 is 5.73 Å². The van der Waals surface area contributed by atoms with Gasteiger partial charge in [-0.1, -0.05) is 54.6 Å². The molecule has 2 bridgehead atoms. The van der Waals surface area contributed by atoms with Crippen LogP contribution in [0.4, 0.5) is 5.82 Å². The first-order chi connectivity index (χ1) is 16.9. The van der Waals surface area contributed by atoms with Crippen LogP contribution in [0.3, 0.4) is 0 Å². The lowest BCUT2D eigenvalue weighted by Crippen LogP contribution is -2.55. The third kappa shape index (κ3) is 3.37. The molecule has 4 heterocycles. The lowest BCUT2D eigenvalue weighted by atomic mass is 9.66. The third-order valence-electron chi connectivity index (χ3n) is 8.17. The van der Waals surface area contributed by atoms with E-state index in [0.717, 1.165) is 59.4 Å². The number of fused-ring (bicyclic) bond motifs is 4. The first-order valence-electron chi connectivity index (χ1n) is 12.1. The van der Waals surface area contributed by atoms with Crippen molar-refractivity contribution < 1.29 is 14.9 Å². The summed E-state index contributed by atoms with van der Waals surface area (Å²) < 4.78 is 8.24. The molecule has 0 amide bonds. The zero-order chi connectivity index (χ0) is 24.3. The molecule has 7 heteroatoms. The Kier molecular flexibility index (Phi) is 5.00. The van der Waals surface area contributed by atoms with E-state index in [4.69, 9.17) is 15.5 Å². The van der Waals surface area contributed by atoms with Gasteiger partial charge in [0.05, 0.1) is 24.2 Å². The first kappa shape index (κ1) is 22.2. The van der Waals surface area contributed by atoms with Crippen LogP contribution in [0.15, 0.2) is 67.0 Å². The molecule has 1 aliphatic carbocycles. The van der Waals surface area contributed by atoms with Gasteiger partial charge in [0, 0.05) is 18.0 Å². The predicted molar refractivity (Wildman–Crippen MR) is 134 cm³/mol. The second-order valence-electron chi connectivity index (χ2n) is 10.2. The fourth-order valence-electron chi connectivity index (χ4n) is 5.78. The molecule has 0 radical (unpaired) electrons. The van der Waals surface area contributed by atoms with Gasteiger partial charge in [-0.05, 0) is 43.7 Å². The van der Waals surface area contributed by atoms with Crippen molar-refractivity contribution in [2.24, 2.45) is 0 Å². The van der Waals surface area contributed by atoms with Gasteiger partial charge in [-0.25, -0.2) is 9.97 Å². The second-order valence-corrected chi connectivity index (χ2v) is 10.2. The van der Waals surface area contributed by atoms with Crippen molar-refractivity contribution in [3.05, 3.63) is 83.9 Å². The molecule has 2 saturated heterocycles. The van der Waals surface area contributed by atoms with Gasteiger partial charge in [0.15, 0.2) is 0 Å². The average molecular weight is 471 g/mol.